The Morgan fingerprint density at radius 1 is 0.955 bits per heavy atom. The Kier molecular flexibility index (Phi) is 2.94. The Morgan fingerprint density at radius 3 is 2.64 bits per heavy atom. The summed E-state index contributed by atoms with van der Waals surface area (Å²) in [4.78, 5) is 4.43. The van der Waals surface area contributed by atoms with Gasteiger partial charge >= 0.3 is 0 Å². The summed E-state index contributed by atoms with van der Waals surface area (Å²) in [6.07, 6.45) is 1.81. The molecule has 2 aromatic heterocycles. The van der Waals surface area contributed by atoms with Gasteiger partial charge in [-0.2, -0.15) is 0 Å². The Balaban J connectivity index is 1.99. The van der Waals surface area contributed by atoms with E-state index in [1.807, 2.05) is 42.5 Å². The van der Waals surface area contributed by atoms with E-state index in [1.54, 1.807) is 18.3 Å². The van der Waals surface area contributed by atoms with Gasteiger partial charge in [-0.3, -0.25) is 10.4 Å². The van der Waals surface area contributed by atoms with E-state index in [9.17, 15) is 0 Å². The maximum absolute atomic E-state index is 8.17. The normalized spacial score (nSPS) is 11.1. The molecule has 2 aromatic carbocycles. The zero-order valence-electron chi connectivity index (χ0n) is 11.5. The van der Waals surface area contributed by atoms with Gasteiger partial charge in [-0.25, -0.2) is 0 Å². The summed E-state index contributed by atoms with van der Waals surface area (Å²) in [6, 6.07) is 17.0. The smallest absolute Gasteiger partial charge is 0.155 e. The number of hydrogen-bond donors (Lipinski definition) is 1. The van der Waals surface area contributed by atoms with E-state index in [-0.39, 0.29) is 0 Å². The topological polar surface area (TPSA) is 49.9 Å². The summed E-state index contributed by atoms with van der Waals surface area (Å²) in [7, 11) is 0. The lowest BCUT2D eigenvalue weighted by molar-refractivity contribution is 0.615. The van der Waals surface area contributed by atoms with E-state index < -0.39 is 0 Å². The van der Waals surface area contributed by atoms with Gasteiger partial charge in [0.2, 0.25) is 0 Å². The van der Waals surface area contributed by atoms with Gasteiger partial charge in [0.15, 0.2) is 11.3 Å². The summed E-state index contributed by atoms with van der Waals surface area (Å²) in [5.74, 6) is 0.538. The highest BCUT2D eigenvalue weighted by atomic mass is 35.5. The van der Waals surface area contributed by atoms with Gasteiger partial charge in [0.25, 0.3) is 0 Å². The van der Waals surface area contributed by atoms with E-state index in [4.69, 9.17) is 21.4 Å². The third-order valence-corrected chi connectivity index (χ3v) is 3.93. The highest BCUT2D eigenvalue weighted by Crippen LogP contribution is 2.27. The van der Waals surface area contributed by atoms with E-state index in [1.165, 1.54) is 0 Å². The second kappa shape index (κ2) is 4.97. The molecule has 0 saturated carbocycles. The van der Waals surface area contributed by atoms with Crippen molar-refractivity contribution >= 4 is 33.3 Å². The lowest BCUT2D eigenvalue weighted by Crippen LogP contribution is -2.01. The van der Waals surface area contributed by atoms with Crippen molar-refractivity contribution in [2.75, 3.05) is 0 Å². The summed E-state index contributed by atoms with van der Waals surface area (Å²) < 4.78 is 5.89. The molecule has 0 bridgehead atoms. The number of rotatable bonds is 1. The van der Waals surface area contributed by atoms with Crippen molar-refractivity contribution in [1.29, 1.82) is 5.41 Å². The Labute approximate surface area is 131 Å². The molecule has 4 heteroatoms. The maximum atomic E-state index is 8.17. The molecule has 0 aliphatic heterocycles. The van der Waals surface area contributed by atoms with Crippen molar-refractivity contribution in [3.05, 3.63) is 71.2 Å². The van der Waals surface area contributed by atoms with Crippen LogP contribution in [0.25, 0.3) is 33.2 Å². The molecular formula is C18H11ClN2O. The molecule has 0 atom stereocenters. The monoisotopic (exact) mass is 306 g/mol. The van der Waals surface area contributed by atoms with Crippen LogP contribution in [0.1, 0.15) is 0 Å². The molecule has 2 heterocycles. The number of halogens is 1. The van der Waals surface area contributed by atoms with E-state index in [0.29, 0.717) is 32.8 Å². The van der Waals surface area contributed by atoms with Crippen LogP contribution in [0.4, 0.5) is 0 Å². The molecule has 0 radical (unpaired) electrons. The summed E-state index contributed by atoms with van der Waals surface area (Å²) >= 11 is 6.19. The number of para-hydroxylation sites is 1. The van der Waals surface area contributed by atoms with Crippen LogP contribution in [0.15, 0.2) is 65.2 Å². The van der Waals surface area contributed by atoms with Crippen molar-refractivity contribution in [2.24, 2.45) is 0 Å². The van der Waals surface area contributed by atoms with Crippen molar-refractivity contribution in [3.63, 3.8) is 0 Å². The first-order valence-corrected chi connectivity index (χ1v) is 7.22. The van der Waals surface area contributed by atoms with Crippen molar-refractivity contribution in [3.8, 4) is 11.5 Å². The van der Waals surface area contributed by atoms with Crippen LogP contribution in [-0.4, -0.2) is 4.98 Å². The molecule has 0 amide bonds. The first-order valence-electron chi connectivity index (χ1n) is 6.84. The highest BCUT2D eigenvalue weighted by molar-refractivity contribution is 6.34. The molecule has 4 aromatic rings. The van der Waals surface area contributed by atoms with Gasteiger partial charge in [-0.15, -0.1) is 0 Å². The van der Waals surface area contributed by atoms with Crippen LogP contribution in [0.5, 0.6) is 0 Å². The fraction of sp³-hybridized carbons (Fsp3) is 0. The zero-order valence-corrected chi connectivity index (χ0v) is 12.3. The van der Waals surface area contributed by atoms with Gasteiger partial charge < -0.3 is 4.42 Å². The molecule has 22 heavy (non-hydrogen) atoms. The average Bonchev–Trinajstić information content (AvgIpc) is 2.55. The number of pyridine rings is 1. The SMILES string of the molecule is N=c1cc(-c2cc3ccccc3cn2)oc2c(Cl)cccc12. The van der Waals surface area contributed by atoms with Crippen LogP contribution >= 0.6 is 11.6 Å². The van der Waals surface area contributed by atoms with Gasteiger partial charge in [0, 0.05) is 23.0 Å². The Morgan fingerprint density at radius 2 is 1.77 bits per heavy atom. The van der Waals surface area contributed by atoms with Crippen LogP contribution in [-0.2, 0) is 0 Å². The molecule has 1 N–H and O–H groups in total. The Hall–Kier alpha value is -2.65. The van der Waals surface area contributed by atoms with Crippen molar-refractivity contribution in [1.82, 2.24) is 4.98 Å². The average molecular weight is 307 g/mol. The van der Waals surface area contributed by atoms with Gasteiger partial charge in [-0.1, -0.05) is 41.9 Å². The zero-order chi connectivity index (χ0) is 15.1. The standard InChI is InChI=1S/C18H11ClN2O/c19-14-7-3-6-13-15(20)9-17(22-18(13)14)16-8-11-4-1-2-5-12(11)10-21-16/h1-10,20H. The molecule has 3 nitrogen and oxygen atoms in total. The molecular weight excluding hydrogens is 296 g/mol. The number of aromatic nitrogens is 1. The summed E-state index contributed by atoms with van der Waals surface area (Å²) in [5.41, 5.74) is 1.20. The molecule has 0 aliphatic rings. The molecule has 0 unspecified atom stereocenters. The molecule has 0 saturated heterocycles. The lowest BCUT2D eigenvalue weighted by atomic mass is 10.1. The minimum atomic E-state index is 0.369. The molecule has 0 aliphatic carbocycles. The van der Waals surface area contributed by atoms with Crippen molar-refractivity contribution in [2.45, 2.75) is 0 Å². The minimum absolute atomic E-state index is 0.369. The van der Waals surface area contributed by atoms with Gasteiger partial charge in [-0.05, 0) is 23.6 Å². The molecule has 0 fully saturated rings. The van der Waals surface area contributed by atoms with Crippen LogP contribution < -0.4 is 5.36 Å². The fourth-order valence-electron chi connectivity index (χ4n) is 2.52. The third kappa shape index (κ3) is 2.07. The quantitative estimate of drug-likeness (QED) is 0.550. The summed E-state index contributed by atoms with van der Waals surface area (Å²) in [5, 5.41) is 11.9. The predicted molar refractivity (Wildman–Crippen MR) is 87.8 cm³/mol. The van der Waals surface area contributed by atoms with Crippen LogP contribution in [0.3, 0.4) is 0 Å². The fourth-order valence-corrected chi connectivity index (χ4v) is 2.73. The van der Waals surface area contributed by atoms with E-state index in [2.05, 4.69) is 4.98 Å². The molecule has 106 valence electrons. The number of fused-ring (bicyclic) bond motifs is 2. The van der Waals surface area contributed by atoms with Crippen LogP contribution in [0, 0.1) is 5.41 Å². The lowest BCUT2D eigenvalue weighted by Gasteiger charge is -2.06. The second-order valence-corrected chi connectivity index (χ2v) is 5.46. The highest BCUT2D eigenvalue weighted by Gasteiger charge is 2.09. The minimum Gasteiger partial charge on any atom is -0.453 e. The van der Waals surface area contributed by atoms with E-state index >= 15 is 0 Å². The predicted octanol–water partition coefficient (Wildman–Crippen LogP) is 4.78. The maximum Gasteiger partial charge on any atom is 0.155 e. The van der Waals surface area contributed by atoms with Gasteiger partial charge in [0.1, 0.15) is 5.69 Å². The summed E-state index contributed by atoms with van der Waals surface area (Å²) in [6.45, 7) is 0. The van der Waals surface area contributed by atoms with Gasteiger partial charge in [0.05, 0.1) is 10.4 Å². The van der Waals surface area contributed by atoms with Crippen molar-refractivity contribution < 1.29 is 4.42 Å². The van der Waals surface area contributed by atoms with E-state index in [0.717, 1.165) is 10.8 Å². The van der Waals surface area contributed by atoms with Crippen LogP contribution in [0.2, 0.25) is 5.02 Å². The third-order valence-electron chi connectivity index (χ3n) is 3.63. The first-order chi connectivity index (χ1) is 10.7. The second-order valence-electron chi connectivity index (χ2n) is 5.06. The number of nitrogens with one attached hydrogen (secondary N) is 1. The number of nitrogens with zero attached hydrogens (tertiary/aromatic N) is 1. The molecule has 0 spiro atoms. The Bertz CT molecular complexity index is 1070. The number of benzene rings is 2. The largest absolute Gasteiger partial charge is 0.453 e. The first kappa shape index (κ1) is 13.0. The molecule has 4 rings (SSSR count). The number of hydrogen-bond acceptors (Lipinski definition) is 3.